The Morgan fingerprint density at radius 2 is 1.64 bits per heavy atom. The smallest absolute Gasteiger partial charge is 0.174 e. The lowest BCUT2D eigenvalue weighted by atomic mass is 10.2. The van der Waals surface area contributed by atoms with Crippen molar-refractivity contribution < 1.29 is 4.98 Å². The van der Waals surface area contributed by atoms with Crippen molar-refractivity contribution in [1.29, 1.82) is 0 Å². The normalized spacial score (nSPS) is 9.09. The van der Waals surface area contributed by atoms with Crippen molar-refractivity contribution in [1.82, 2.24) is 0 Å². The van der Waals surface area contributed by atoms with E-state index < -0.39 is 0 Å². The van der Waals surface area contributed by atoms with E-state index in [4.69, 9.17) is 0 Å². The molecule has 1 heteroatoms. The summed E-state index contributed by atoms with van der Waals surface area (Å²) in [6.45, 7) is 0. The Hall–Kier alpha value is -1.37. The summed E-state index contributed by atoms with van der Waals surface area (Å²) in [5, 5.41) is 2.53. The molecule has 0 aliphatic rings. The number of hydrogen-bond donors (Lipinski definition) is 0. The van der Waals surface area contributed by atoms with Crippen LogP contribution in [-0.4, -0.2) is 0 Å². The lowest BCUT2D eigenvalue weighted by Crippen LogP contribution is -1.96. The third-order valence-corrected chi connectivity index (χ3v) is 1.59. The maximum Gasteiger partial charge on any atom is 0.174 e. The summed E-state index contributed by atoms with van der Waals surface area (Å²) in [6.07, 6.45) is 3.93. The molecule has 11 heavy (non-hydrogen) atoms. The van der Waals surface area contributed by atoms with E-state index in [2.05, 4.69) is 23.2 Å². The summed E-state index contributed by atoms with van der Waals surface area (Å²) in [6, 6.07) is 10.3. The van der Waals surface area contributed by atoms with Gasteiger partial charge in [0, 0.05) is 11.5 Å². The molecule has 0 fully saturated rings. The number of fused-ring (bicyclic) bond motifs is 1. The van der Waals surface area contributed by atoms with Crippen LogP contribution in [0.1, 0.15) is 0 Å². The summed E-state index contributed by atoms with van der Waals surface area (Å²) in [4.78, 5) is 3.04. The molecular weight excluding hydrogens is 134 g/mol. The van der Waals surface area contributed by atoms with Crippen molar-refractivity contribution >= 4 is 10.8 Å². The highest BCUT2D eigenvalue weighted by Gasteiger charge is 1.90. The first-order valence-corrected chi connectivity index (χ1v) is 3.32. The molecule has 56 valence electrons. The van der Waals surface area contributed by atoms with E-state index in [1.165, 1.54) is 10.8 Å². The van der Waals surface area contributed by atoms with E-state index in [-0.39, 0.29) is 7.43 Å². The van der Waals surface area contributed by atoms with Gasteiger partial charge in [0.2, 0.25) is 0 Å². The number of aromatic nitrogens is 1. The van der Waals surface area contributed by atoms with Crippen LogP contribution in [0.5, 0.6) is 0 Å². The van der Waals surface area contributed by atoms with E-state index in [1.54, 1.807) is 0 Å². The van der Waals surface area contributed by atoms with E-state index in [0.717, 1.165) is 0 Å². The standard InChI is InChI=1S/C9H7N.CH3/c1-2-4-9-7-10-6-5-8(9)3-1;/h1-7H;1H3/q;-1/p+1. The summed E-state index contributed by atoms with van der Waals surface area (Å²) >= 11 is 0. The maximum atomic E-state index is 3.04. The van der Waals surface area contributed by atoms with Gasteiger partial charge in [-0.3, -0.25) is 0 Å². The molecule has 0 unspecified atom stereocenters. The Balaban J connectivity index is 0.000000605. The number of pyridine rings is 1. The van der Waals surface area contributed by atoms with Gasteiger partial charge in [0.25, 0.3) is 0 Å². The molecule has 0 atom stereocenters. The fourth-order valence-electron chi connectivity index (χ4n) is 1.07. The Kier molecular flexibility index (Phi) is 2.21. The molecule has 0 bridgehead atoms. The zero-order valence-electron chi connectivity index (χ0n) is 6.54. The highest BCUT2D eigenvalue weighted by Crippen LogP contribution is 2.08. The largest absolute Gasteiger partial charge is 0.358 e. The fraction of sp³-hybridized carbons (Fsp3) is 0. The summed E-state index contributed by atoms with van der Waals surface area (Å²) in [5.74, 6) is 0. The lowest BCUT2D eigenvalue weighted by molar-refractivity contribution is -0.375. The van der Waals surface area contributed by atoms with Crippen LogP contribution in [0.25, 0.3) is 10.8 Å². The average Bonchev–Trinajstić information content (AvgIpc) is 2.05. The number of aromatic amines is 1. The topological polar surface area (TPSA) is 14.1 Å². The third-order valence-electron chi connectivity index (χ3n) is 1.59. The molecule has 0 saturated heterocycles. The van der Waals surface area contributed by atoms with Gasteiger partial charge >= 0.3 is 0 Å². The third kappa shape index (κ3) is 1.37. The summed E-state index contributed by atoms with van der Waals surface area (Å²) in [7, 11) is 0. The van der Waals surface area contributed by atoms with Crippen molar-refractivity contribution in [3.05, 3.63) is 50.2 Å². The SMILES string of the molecule is [CH3-].c1ccc2c[nH+]ccc2c1. The first-order valence-electron chi connectivity index (χ1n) is 3.32. The van der Waals surface area contributed by atoms with Crippen LogP contribution in [0.2, 0.25) is 0 Å². The molecule has 0 aliphatic carbocycles. The van der Waals surface area contributed by atoms with Gasteiger partial charge in [-0.15, -0.1) is 0 Å². The van der Waals surface area contributed by atoms with E-state index in [1.807, 2.05) is 24.5 Å². The number of H-pyrrole nitrogens is 1. The lowest BCUT2D eigenvalue weighted by Gasteiger charge is -1.88. The quantitative estimate of drug-likeness (QED) is 0.504. The van der Waals surface area contributed by atoms with Crippen molar-refractivity contribution in [3.8, 4) is 0 Å². The van der Waals surface area contributed by atoms with Crippen LogP contribution < -0.4 is 4.98 Å². The predicted molar refractivity (Wildman–Crippen MR) is 46.9 cm³/mol. The molecule has 1 aromatic carbocycles. The Bertz CT molecular complexity index is 276. The molecule has 2 rings (SSSR count). The van der Waals surface area contributed by atoms with Gasteiger partial charge in [-0.2, -0.15) is 0 Å². The van der Waals surface area contributed by atoms with E-state index in [9.17, 15) is 0 Å². The second-order valence-corrected chi connectivity index (χ2v) is 2.27. The number of hydrogen-bond acceptors (Lipinski definition) is 0. The zero-order chi connectivity index (χ0) is 6.81. The van der Waals surface area contributed by atoms with Gasteiger partial charge < -0.3 is 7.43 Å². The molecule has 0 aliphatic heterocycles. The van der Waals surface area contributed by atoms with Gasteiger partial charge in [0.15, 0.2) is 12.4 Å². The van der Waals surface area contributed by atoms with Gasteiger partial charge in [-0.05, 0) is 11.5 Å². The summed E-state index contributed by atoms with van der Waals surface area (Å²) in [5.41, 5.74) is 0. The average molecular weight is 145 g/mol. The Labute approximate surface area is 66.7 Å². The molecule has 1 N–H and O–H groups in total. The number of benzene rings is 1. The number of nitrogens with one attached hydrogen (secondary N) is 1. The minimum Gasteiger partial charge on any atom is -0.358 e. The van der Waals surface area contributed by atoms with Crippen LogP contribution in [0, 0.1) is 7.43 Å². The maximum absolute atomic E-state index is 3.04. The first kappa shape index (κ1) is 7.73. The minimum atomic E-state index is 0. The van der Waals surface area contributed by atoms with Crippen molar-refractivity contribution in [3.63, 3.8) is 0 Å². The van der Waals surface area contributed by atoms with Crippen LogP contribution >= 0.6 is 0 Å². The molecule has 1 heterocycles. The predicted octanol–water partition coefficient (Wildman–Crippen LogP) is 2.10. The summed E-state index contributed by atoms with van der Waals surface area (Å²) < 4.78 is 0. The van der Waals surface area contributed by atoms with E-state index >= 15 is 0 Å². The second kappa shape index (κ2) is 3.15. The molecule has 0 radical (unpaired) electrons. The molecular formula is C10H11N. The molecule has 1 aromatic heterocycles. The van der Waals surface area contributed by atoms with Gasteiger partial charge in [0.05, 0.1) is 0 Å². The van der Waals surface area contributed by atoms with Crippen LogP contribution in [0.3, 0.4) is 0 Å². The van der Waals surface area contributed by atoms with E-state index in [0.29, 0.717) is 0 Å². The van der Waals surface area contributed by atoms with Crippen LogP contribution in [-0.2, 0) is 0 Å². The van der Waals surface area contributed by atoms with Gasteiger partial charge in [-0.25, -0.2) is 4.98 Å². The minimum absolute atomic E-state index is 0. The molecule has 0 saturated carbocycles. The van der Waals surface area contributed by atoms with Crippen molar-refractivity contribution in [2.45, 2.75) is 0 Å². The van der Waals surface area contributed by atoms with Crippen molar-refractivity contribution in [2.75, 3.05) is 0 Å². The second-order valence-electron chi connectivity index (χ2n) is 2.27. The zero-order valence-corrected chi connectivity index (χ0v) is 6.54. The van der Waals surface area contributed by atoms with Gasteiger partial charge in [0.1, 0.15) is 0 Å². The monoisotopic (exact) mass is 145 g/mol. The van der Waals surface area contributed by atoms with Crippen LogP contribution in [0.15, 0.2) is 42.7 Å². The molecule has 1 nitrogen and oxygen atoms in total. The Morgan fingerprint density at radius 3 is 2.36 bits per heavy atom. The highest BCUT2D eigenvalue weighted by atomic mass is 14.6. The molecule has 0 spiro atoms. The van der Waals surface area contributed by atoms with Crippen LogP contribution in [0.4, 0.5) is 0 Å². The fourth-order valence-corrected chi connectivity index (χ4v) is 1.07. The van der Waals surface area contributed by atoms with Crippen molar-refractivity contribution in [2.24, 2.45) is 0 Å². The number of rotatable bonds is 0. The molecule has 0 amide bonds. The highest BCUT2D eigenvalue weighted by molar-refractivity contribution is 5.80. The first-order chi connectivity index (χ1) is 4.97. The van der Waals surface area contributed by atoms with Gasteiger partial charge in [-0.1, -0.05) is 18.2 Å². The molecule has 2 aromatic rings. The Morgan fingerprint density at radius 1 is 0.909 bits per heavy atom.